The first-order valence-electron chi connectivity index (χ1n) is 7.08. The van der Waals surface area contributed by atoms with E-state index in [1.165, 1.54) is 0 Å². The monoisotopic (exact) mass is 317 g/mol. The van der Waals surface area contributed by atoms with Gasteiger partial charge in [-0.3, -0.25) is 24.3 Å². The molecule has 0 unspecified atom stereocenters. The number of carbonyl (C=O) groups excluding carboxylic acids is 3. The molecule has 114 valence electrons. The van der Waals surface area contributed by atoms with E-state index in [9.17, 15) is 14.4 Å². The Labute approximate surface area is 132 Å². The van der Waals surface area contributed by atoms with Crippen LogP contribution in [0.5, 0.6) is 0 Å². The molecule has 7 heteroatoms. The molecule has 1 aromatic heterocycles. The Morgan fingerprint density at radius 2 is 1.91 bits per heavy atom. The maximum atomic E-state index is 12.3. The Morgan fingerprint density at radius 3 is 2.59 bits per heavy atom. The molecular formula is C15H15N3O3S. The van der Waals surface area contributed by atoms with Crippen molar-refractivity contribution >= 4 is 34.9 Å². The molecule has 2 aliphatic heterocycles. The highest BCUT2D eigenvalue weighted by atomic mass is 32.2. The number of aromatic nitrogens is 1. The number of pyridine rings is 1. The highest BCUT2D eigenvalue weighted by molar-refractivity contribution is 8.18. The van der Waals surface area contributed by atoms with Gasteiger partial charge in [0.15, 0.2) is 0 Å². The normalized spacial score (nSPS) is 20.3. The molecule has 1 aromatic rings. The molecule has 2 aliphatic rings. The van der Waals surface area contributed by atoms with E-state index < -0.39 is 11.1 Å². The zero-order valence-electron chi connectivity index (χ0n) is 11.9. The highest BCUT2D eigenvalue weighted by Crippen LogP contribution is 2.32. The van der Waals surface area contributed by atoms with E-state index in [4.69, 9.17) is 0 Å². The van der Waals surface area contributed by atoms with E-state index in [0.29, 0.717) is 18.0 Å². The van der Waals surface area contributed by atoms with Crippen molar-refractivity contribution in [2.24, 2.45) is 0 Å². The Morgan fingerprint density at radius 1 is 1.23 bits per heavy atom. The molecule has 22 heavy (non-hydrogen) atoms. The van der Waals surface area contributed by atoms with E-state index in [1.807, 2.05) is 0 Å². The van der Waals surface area contributed by atoms with Crippen LogP contribution in [0.25, 0.3) is 6.08 Å². The molecule has 0 aromatic carbocycles. The molecule has 0 aliphatic carbocycles. The van der Waals surface area contributed by atoms with Gasteiger partial charge in [0.25, 0.3) is 11.1 Å². The summed E-state index contributed by atoms with van der Waals surface area (Å²) in [4.78, 5) is 43.4. The van der Waals surface area contributed by atoms with Crippen molar-refractivity contribution in [3.05, 3.63) is 35.0 Å². The zero-order chi connectivity index (χ0) is 15.5. The molecule has 2 saturated heterocycles. The van der Waals surface area contributed by atoms with Gasteiger partial charge in [0.05, 0.1) is 4.91 Å². The fourth-order valence-electron chi connectivity index (χ4n) is 2.45. The van der Waals surface area contributed by atoms with Gasteiger partial charge in [-0.15, -0.1) is 0 Å². The van der Waals surface area contributed by atoms with Crippen molar-refractivity contribution in [3.8, 4) is 0 Å². The van der Waals surface area contributed by atoms with Crippen LogP contribution in [-0.2, 0) is 9.59 Å². The van der Waals surface area contributed by atoms with E-state index >= 15 is 0 Å². The minimum absolute atomic E-state index is 0.162. The molecule has 3 amide bonds. The molecule has 0 saturated carbocycles. The average Bonchev–Trinajstić information content (AvgIpc) is 3.13. The number of hydrogen-bond donors (Lipinski definition) is 0. The lowest BCUT2D eigenvalue weighted by Crippen LogP contribution is -2.40. The second kappa shape index (κ2) is 6.31. The standard InChI is InChI=1S/C15H15N3O3S/c19-13(17-7-1-2-8-17)10-18-14(20)12(22-15(18)21)9-11-3-5-16-6-4-11/h3-6,9H,1-2,7-8,10H2/b12-9+. The molecule has 0 radical (unpaired) electrons. The molecule has 0 N–H and O–H groups in total. The van der Waals surface area contributed by atoms with Crippen molar-refractivity contribution in [1.29, 1.82) is 0 Å². The number of carbonyl (C=O) groups is 3. The largest absolute Gasteiger partial charge is 0.341 e. The van der Waals surface area contributed by atoms with Crippen LogP contribution in [0.15, 0.2) is 29.4 Å². The topological polar surface area (TPSA) is 70.6 Å². The first-order chi connectivity index (χ1) is 10.6. The van der Waals surface area contributed by atoms with Crippen molar-refractivity contribution in [2.75, 3.05) is 19.6 Å². The summed E-state index contributed by atoms with van der Waals surface area (Å²) in [7, 11) is 0. The van der Waals surface area contributed by atoms with Crippen LogP contribution in [-0.4, -0.2) is 51.5 Å². The first-order valence-corrected chi connectivity index (χ1v) is 7.90. The maximum Gasteiger partial charge on any atom is 0.294 e. The molecule has 0 atom stereocenters. The summed E-state index contributed by atoms with van der Waals surface area (Å²) in [6.45, 7) is 1.25. The summed E-state index contributed by atoms with van der Waals surface area (Å²) in [6, 6.07) is 3.51. The molecule has 3 heterocycles. The second-order valence-electron chi connectivity index (χ2n) is 5.14. The Bertz CT molecular complexity index is 639. The first kappa shape index (κ1) is 14.8. The molecule has 3 rings (SSSR count). The van der Waals surface area contributed by atoms with Gasteiger partial charge < -0.3 is 4.90 Å². The Hall–Kier alpha value is -2.15. The molecular weight excluding hydrogens is 302 g/mol. The lowest BCUT2D eigenvalue weighted by atomic mass is 10.2. The summed E-state index contributed by atoms with van der Waals surface area (Å²) in [6.07, 6.45) is 6.85. The van der Waals surface area contributed by atoms with Gasteiger partial charge in [0.2, 0.25) is 5.91 Å². The van der Waals surface area contributed by atoms with Crippen LogP contribution >= 0.6 is 11.8 Å². The van der Waals surface area contributed by atoms with Gasteiger partial charge in [-0.05, 0) is 48.4 Å². The summed E-state index contributed by atoms with van der Waals surface area (Å²) in [5, 5.41) is -0.391. The Balaban J connectivity index is 1.71. The summed E-state index contributed by atoms with van der Waals surface area (Å²) < 4.78 is 0. The predicted molar refractivity (Wildman–Crippen MR) is 82.7 cm³/mol. The van der Waals surface area contributed by atoms with Crippen LogP contribution < -0.4 is 0 Å². The van der Waals surface area contributed by atoms with Crippen molar-refractivity contribution < 1.29 is 14.4 Å². The van der Waals surface area contributed by atoms with Crippen LogP contribution in [0.4, 0.5) is 4.79 Å². The van der Waals surface area contributed by atoms with E-state index in [2.05, 4.69) is 4.98 Å². The predicted octanol–water partition coefficient (Wildman–Crippen LogP) is 1.74. The van der Waals surface area contributed by atoms with Crippen molar-refractivity contribution in [2.45, 2.75) is 12.8 Å². The van der Waals surface area contributed by atoms with Gasteiger partial charge in [0.1, 0.15) is 6.54 Å². The number of thioether (sulfide) groups is 1. The van der Waals surface area contributed by atoms with Crippen molar-refractivity contribution in [3.63, 3.8) is 0 Å². The number of hydrogen-bond acceptors (Lipinski definition) is 5. The number of rotatable bonds is 3. The molecule has 2 fully saturated rings. The van der Waals surface area contributed by atoms with Crippen LogP contribution in [0.1, 0.15) is 18.4 Å². The van der Waals surface area contributed by atoms with Gasteiger partial charge >= 0.3 is 0 Å². The summed E-state index contributed by atoms with van der Waals surface area (Å²) >= 11 is 0.869. The van der Waals surface area contributed by atoms with Crippen LogP contribution in [0.2, 0.25) is 0 Å². The van der Waals surface area contributed by atoms with Crippen LogP contribution in [0, 0.1) is 0 Å². The highest BCUT2D eigenvalue weighted by Gasteiger charge is 2.37. The fraction of sp³-hybridized carbons (Fsp3) is 0.333. The van der Waals surface area contributed by atoms with Gasteiger partial charge in [-0.2, -0.15) is 0 Å². The minimum atomic E-state index is -0.403. The van der Waals surface area contributed by atoms with Crippen LogP contribution in [0.3, 0.4) is 0 Å². The van der Waals surface area contributed by atoms with E-state index in [1.54, 1.807) is 35.5 Å². The van der Waals surface area contributed by atoms with Crippen molar-refractivity contribution in [1.82, 2.24) is 14.8 Å². The lowest BCUT2D eigenvalue weighted by molar-refractivity contribution is -0.135. The average molecular weight is 317 g/mol. The summed E-state index contributed by atoms with van der Waals surface area (Å²) in [5.74, 6) is -0.565. The van der Waals surface area contributed by atoms with Gasteiger partial charge in [0, 0.05) is 25.5 Å². The zero-order valence-corrected chi connectivity index (χ0v) is 12.7. The SMILES string of the molecule is O=C(CN1C(=O)S/C(=C/c2ccncc2)C1=O)N1CCCC1. The molecule has 0 bridgehead atoms. The third-order valence-electron chi connectivity index (χ3n) is 3.63. The number of likely N-dealkylation sites (tertiary alicyclic amines) is 1. The maximum absolute atomic E-state index is 12.3. The lowest BCUT2D eigenvalue weighted by Gasteiger charge is -2.18. The van der Waals surface area contributed by atoms with E-state index in [-0.39, 0.29) is 12.5 Å². The number of amides is 3. The van der Waals surface area contributed by atoms with E-state index in [0.717, 1.165) is 35.1 Å². The summed E-state index contributed by atoms with van der Waals surface area (Å²) in [5.41, 5.74) is 0.798. The molecule has 6 nitrogen and oxygen atoms in total. The third kappa shape index (κ3) is 3.04. The third-order valence-corrected chi connectivity index (χ3v) is 4.54. The van der Waals surface area contributed by atoms with Gasteiger partial charge in [-0.25, -0.2) is 0 Å². The minimum Gasteiger partial charge on any atom is -0.341 e. The second-order valence-corrected chi connectivity index (χ2v) is 6.13. The van der Waals surface area contributed by atoms with Gasteiger partial charge in [-0.1, -0.05) is 0 Å². The smallest absolute Gasteiger partial charge is 0.294 e. The Kier molecular flexibility index (Phi) is 4.24. The number of nitrogens with zero attached hydrogens (tertiary/aromatic N) is 3. The molecule has 0 spiro atoms. The number of imide groups is 1. The fourth-order valence-corrected chi connectivity index (χ4v) is 3.29. The quantitative estimate of drug-likeness (QED) is 0.794.